The van der Waals surface area contributed by atoms with E-state index in [0.717, 1.165) is 40.7 Å². The molecule has 2 heterocycles. The number of ether oxygens (including phenoxy) is 2. The average molecular weight is 489 g/mol. The first-order chi connectivity index (χ1) is 17.5. The molecule has 1 fully saturated rings. The third kappa shape index (κ3) is 6.14. The number of methoxy groups -OCH3 is 2. The van der Waals surface area contributed by atoms with E-state index in [1.807, 2.05) is 48.5 Å². The zero-order valence-corrected chi connectivity index (χ0v) is 20.7. The van der Waals surface area contributed by atoms with Gasteiger partial charge in [-0.1, -0.05) is 17.9 Å². The molecule has 4 rings (SSSR count). The Hall–Kier alpha value is -3.60. The topological polar surface area (TPSA) is 92.1 Å². The Morgan fingerprint density at radius 2 is 1.97 bits per heavy atom. The van der Waals surface area contributed by atoms with Crippen LogP contribution in [-0.2, 0) is 4.79 Å². The van der Waals surface area contributed by atoms with Gasteiger partial charge in [0.05, 0.1) is 38.3 Å². The molecule has 1 aromatic heterocycles. The van der Waals surface area contributed by atoms with Gasteiger partial charge in [0, 0.05) is 23.7 Å². The summed E-state index contributed by atoms with van der Waals surface area (Å²) in [5.74, 6) is 6.49. The van der Waals surface area contributed by atoms with Gasteiger partial charge in [0.2, 0.25) is 0 Å². The van der Waals surface area contributed by atoms with Crippen LogP contribution in [0.15, 0.2) is 54.7 Å². The van der Waals surface area contributed by atoms with Gasteiger partial charge in [0.25, 0.3) is 0 Å². The van der Waals surface area contributed by atoms with Gasteiger partial charge in [-0.05, 0) is 79.8 Å². The summed E-state index contributed by atoms with van der Waals surface area (Å²) < 4.78 is 10.6. The fourth-order valence-electron chi connectivity index (χ4n) is 4.88. The lowest BCUT2D eigenvalue weighted by molar-refractivity contribution is -0.146. The fraction of sp³-hybridized carbons (Fsp3) is 0.379. The van der Waals surface area contributed by atoms with E-state index < -0.39 is 18.0 Å². The van der Waals surface area contributed by atoms with Crippen LogP contribution in [0.5, 0.6) is 11.5 Å². The van der Waals surface area contributed by atoms with Crippen molar-refractivity contribution in [2.45, 2.75) is 25.4 Å². The van der Waals surface area contributed by atoms with Crippen molar-refractivity contribution in [3.8, 4) is 23.3 Å². The fourth-order valence-corrected chi connectivity index (χ4v) is 4.88. The van der Waals surface area contributed by atoms with E-state index in [0.29, 0.717) is 31.7 Å². The van der Waals surface area contributed by atoms with E-state index in [9.17, 15) is 15.0 Å². The summed E-state index contributed by atoms with van der Waals surface area (Å²) in [5.41, 5.74) is 2.45. The maximum atomic E-state index is 12.1. The summed E-state index contributed by atoms with van der Waals surface area (Å²) in [6.07, 6.45) is 2.87. The van der Waals surface area contributed by atoms with Crippen LogP contribution in [0.1, 0.15) is 36.5 Å². The number of piperidine rings is 1. The quantitative estimate of drug-likeness (QED) is 0.461. The maximum Gasteiger partial charge on any atom is 0.308 e. The summed E-state index contributed by atoms with van der Waals surface area (Å²) in [6, 6.07) is 15.0. The highest BCUT2D eigenvalue weighted by Gasteiger charge is 2.34. The predicted molar refractivity (Wildman–Crippen MR) is 138 cm³/mol. The highest BCUT2D eigenvalue weighted by atomic mass is 16.5. The van der Waals surface area contributed by atoms with Gasteiger partial charge < -0.3 is 19.7 Å². The number of aliphatic hydroxyl groups is 1. The highest BCUT2D eigenvalue weighted by Crippen LogP contribution is 2.33. The molecular formula is C29H32N2O5. The molecule has 0 bridgehead atoms. The summed E-state index contributed by atoms with van der Waals surface area (Å²) in [4.78, 5) is 18.6. The van der Waals surface area contributed by atoms with Gasteiger partial charge in [-0.3, -0.25) is 14.7 Å². The average Bonchev–Trinajstić information content (AvgIpc) is 2.91. The Morgan fingerprint density at radius 3 is 2.75 bits per heavy atom. The molecule has 1 aliphatic heterocycles. The number of nitrogens with zero attached hydrogens (tertiary/aromatic N) is 2. The normalized spacial score (nSPS) is 18.8. The zero-order chi connectivity index (χ0) is 25.5. The number of carboxylic acid groups (broad SMARTS) is 1. The minimum atomic E-state index is -0.793. The Bertz CT molecular complexity index is 1270. The molecule has 1 saturated heterocycles. The van der Waals surface area contributed by atoms with Gasteiger partial charge in [0.15, 0.2) is 0 Å². The maximum absolute atomic E-state index is 12.1. The number of rotatable bonds is 8. The highest BCUT2D eigenvalue weighted by molar-refractivity contribution is 5.83. The van der Waals surface area contributed by atoms with E-state index in [1.165, 1.54) is 0 Å². The van der Waals surface area contributed by atoms with Crippen LogP contribution in [0.2, 0.25) is 0 Å². The lowest BCUT2D eigenvalue weighted by Gasteiger charge is -2.36. The lowest BCUT2D eigenvalue weighted by atomic mass is 9.81. The summed E-state index contributed by atoms with van der Waals surface area (Å²) in [7, 11) is 3.23. The molecule has 0 aliphatic carbocycles. The molecule has 2 aromatic carbocycles. The second-order valence-electron chi connectivity index (χ2n) is 9.14. The number of carboxylic acids is 1. The summed E-state index contributed by atoms with van der Waals surface area (Å²) >= 11 is 0. The van der Waals surface area contributed by atoms with E-state index >= 15 is 0 Å². The SMILES string of the molecule is COc1cccc(C#CCN2CC[C@@H](CCC(O)c3ccnc4ccc(OC)cc34)[C@@H](C(=O)O)C2)c1. The third-order valence-corrected chi connectivity index (χ3v) is 6.91. The molecule has 0 radical (unpaired) electrons. The van der Waals surface area contributed by atoms with E-state index in [-0.39, 0.29) is 5.92 Å². The molecule has 3 atom stereocenters. The number of benzene rings is 2. The number of hydrogen-bond acceptors (Lipinski definition) is 6. The van der Waals surface area contributed by atoms with Crippen LogP contribution in [0, 0.1) is 23.7 Å². The monoisotopic (exact) mass is 488 g/mol. The van der Waals surface area contributed by atoms with Crippen molar-refractivity contribution >= 4 is 16.9 Å². The number of fused-ring (bicyclic) bond motifs is 1. The van der Waals surface area contributed by atoms with Gasteiger partial charge in [-0.25, -0.2) is 0 Å². The van der Waals surface area contributed by atoms with E-state index in [4.69, 9.17) is 9.47 Å². The van der Waals surface area contributed by atoms with Crippen molar-refractivity contribution < 1.29 is 24.5 Å². The molecule has 7 heteroatoms. The molecule has 188 valence electrons. The molecule has 7 nitrogen and oxygen atoms in total. The minimum Gasteiger partial charge on any atom is -0.497 e. The number of carbonyl (C=O) groups is 1. The van der Waals surface area contributed by atoms with Crippen LogP contribution < -0.4 is 9.47 Å². The number of aliphatic carboxylic acids is 1. The molecule has 0 spiro atoms. The van der Waals surface area contributed by atoms with Crippen molar-refractivity contribution in [3.05, 3.63) is 65.9 Å². The van der Waals surface area contributed by atoms with Gasteiger partial charge in [0.1, 0.15) is 11.5 Å². The first kappa shape index (κ1) is 25.5. The van der Waals surface area contributed by atoms with Crippen molar-refractivity contribution in [1.29, 1.82) is 0 Å². The van der Waals surface area contributed by atoms with Crippen LogP contribution in [0.3, 0.4) is 0 Å². The number of pyridine rings is 1. The summed E-state index contributed by atoms with van der Waals surface area (Å²) in [6.45, 7) is 1.76. The molecule has 0 saturated carbocycles. The minimum absolute atomic E-state index is 0.00220. The largest absolute Gasteiger partial charge is 0.497 e. The molecule has 0 amide bonds. The molecule has 3 aromatic rings. The van der Waals surface area contributed by atoms with E-state index in [2.05, 4.69) is 21.7 Å². The molecular weight excluding hydrogens is 456 g/mol. The second-order valence-corrected chi connectivity index (χ2v) is 9.14. The van der Waals surface area contributed by atoms with Crippen LogP contribution in [-0.4, -0.2) is 59.9 Å². The van der Waals surface area contributed by atoms with Gasteiger partial charge in [-0.2, -0.15) is 0 Å². The van der Waals surface area contributed by atoms with Gasteiger partial charge in [-0.15, -0.1) is 0 Å². The first-order valence-corrected chi connectivity index (χ1v) is 12.2. The zero-order valence-electron chi connectivity index (χ0n) is 20.7. The molecule has 36 heavy (non-hydrogen) atoms. The lowest BCUT2D eigenvalue weighted by Crippen LogP contribution is -2.44. The number of likely N-dealkylation sites (tertiary alicyclic amines) is 1. The molecule has 2 N–H and O–H groups in total. The Kier molecular flexibility index (Phi) is 8.42. The van der Waals surface area contributed by atoms with Crippen molar-refractivity contribution in [2.75, 3.05) is 33.9 Å². The first-order valence-electron chi connectivity index (χ1n) is 12.2. The van der Waals surface area contributed by atoms with Crippen molar-refractivity contribution in [3.63, 3.8) is 0 Å². The standard InChI is InChI=1S/C29H32N2O5/c1-35-22-7-3-5-20(17-22)6-4-15-31-16-13-21(26(19-31)29(33)34)8-11-28(32)24-12-14-30-27-10-9-23(36-2)18-25(24)27/h3,5,7,9-10,12,14,17-18,21,26,28,32H,8,11,13,15-16,19H2,1-2H3,(H,33,34)/t21-,26+,28?/m1/s1. The summed E-state index contributed by atoms with van der Waals surface area (Å²) in [5, 5.41) is 21.8. The van der Waals surface area contributed by atoms with E-state index in [1.54, 1.807) is 20.4 Å². The Balaban J connectivity index is 1.37. The number of aromatic nitrogens is 1. The molecule has 1 unspecified atom stereocenters. The number of hydrogen-bond donors (Lipinski definition) is 2. The van der Waals surface area contributed by atoms with Crippen molar-refractivity contribution in [2.24, 2.45) is 11.8 Å². The third-order valence-electron chi connectivity index (χ3n) is 6.91. The van der Waals surface area contributed by atoms with Crippen LogP contribution in [0.25, 0.3) is 10.9 Å². The Morgan fingerprint density at radius 1 is 1.17 bits per heavy atom. The Labute approximate surface area is 211 Å². The second kappa shape index (κ2) is 11.9. The van der Waals surface area contributed by atoms with Crippen LogP contribution in [0.4, 0.5) is 0 Å². The number of aliphatic hydroxyl groups excluding tert-OH is 1. The van der Waals surface area contributed by atoms with Crippen molar-refractivity contribution in [1.82, 2.24) is 9.88 Å². The van der Waals surface area contributed by atoms with Gasteiger partial charge >= 0.3 is 5.97 Å². The predicted octanol–water partition coefficient (Wildman–Crippen LogP) is 4.14. The van der Waals surface area contributed by atoms with Crippen LogP contribution >= 0.6 is 0 Å². The molecule has 1 aliphatic rings. The smallest absolute Gasteiger partial charge is 0.308 e.